The molecule has 1 aromatic rings. The zero-order valence-electron chi connectivity index (χ0n) is 31.9. The highest BCUT2D eigenvalue weighted by Crippen LogP contribution is 2.67. The van der Waals surface area contributed by atoms with Gasteiger partial charge in [0, 0.05) is 0 Å². The first kappa shape index (κ1) is 38.5. The Labute approximate surface area is 306 Å². The van der Waals surface area contributed by atoms with E-state index in [1.165, 1.54) is 37.7 Å². The number of carbonyl (C=O) groups is 1. The van der Waals surface area contributed by atoms with E-state index < -0.39 is 43.3 Å². The predicted octanol–water partition coefficient (Wildman–Crippen LogP) is 7.56. The highest BCUT2D eigenvalue weighted by molar-refractivity contribution is 5.67. The number of allylic oxidation sites excluding steroid dienone is 3. The monoisotopic (exact) mass is 707 g/mol. The molecule has 8 nitrogen and oxygen atoms in total. The molecule has 2 unspecified atom stereocenters. The van der Waals surface area contributed by atoms with Crippen molar-refractivity contribution in [2.45, 2.75) is 143 Å². The van der Waals surface area contributed by atoms with Crippen LogP contribution in [0.5, 0.6) is 0 Å². The van der Waals surface area contributed by atoms with Gasteiger partial charge in [-0.15, -0.1) is 0 Å². The fourth-order valence-corrected chi connectivity index (χ4v) is 11.4. The van der Waals surface area contributed by atoms with Gasteiger partial charge in [-0.2, -0.15) is 0 Å². The molecule has 6 rings (SSSR count). The van der Waals surface area contributed by atoms with Crippen LogP contribution in [0.3, 0.4) is 0 Å². The summed E-state index contributed by atoms with van der Waals surface area (Å²) in [5, 5.41) is 34.3. The van der Waals surface area contributed by atoms with Crippen LogP contribution in [-0.2, 0) is 20.8 Å². The first-order valence-corrected chi connectivity index (χ1v) is 20.0. The summed E-state index contributed by atoms with van der Waals surface area (Å²) in [6.07, 6.45) is 12.1. The Kier molecular flexibility index (Phi) is 12.1. The average Bonchev–Trinajstić information content (AvgIpc) is 3.48. The molecule has 1 saturated heterocycles. The summed E-state index contributed by atoms with van der Waals surface area (Å²) in [5.74, 6) is 4.85. The molecule has 14 atom stereocenters. The molecule has 0 aromatic heterocycles. The van der Waals surface area contributed by atoms with Gasteiger partial charge in [0.25, 0.3) is 0 Å². The summed E-state index contributed by atoms with van der Waals surface area (Å²) in [6, 6.07) is 8.28. The van der Waals surface area contributed by atoms with Crippen molar-refractivity contribution in [3.63, 3.8) is 0 Å². The largest absolute Gasteiger partial charge is 0.445 e. The standard InChI is InChI=1S/C43H65NO7/c1-7-29(26(2)3)14-13-27(4)33-17-18-34-32-16-15-30-23-31(19-21-42(30,5)35(32)20-22-43(33,34)6)50-40-37(39(47)38(46)36(24-45)51-40)44-41(48)49-25-28-11-9-8-10-12-28/h8-15,26-27,29,31-40,45-47H,7,16-25H2,1-6H3,(H,44,48)/b14-13+/t27-,29-,31+,32?,33-,34+,35+,36-,37-,38-,39-,40?,42+,43-/m1/s1. The number of nitrogens with one attached hydrogen (secondary N) is 1. The number of benzene rings is 1. The van der Waals surface area contributed by atoms with Crippen molar-refractivity contribution >= 4 is 6.09 Å². The molecule has 0 radical (unpaired) electrons. The van der Waals surface area contributed by atoms with Crippen LogP contribution in [-0.4, -0.2) is 64.8 Å². The number of fused-ring (bicyclic) bond motifs is 5. The number of hydrogen-bond donors (Lipinski definition) is 4. The quantitative estimate of drug-likeness (QED) is 0.176. The van der Waals surface area contributed by atoms with E-state index in [4.69, 9.17) is 14.2 Å². The molecule has 5 aliphatic rings. The van der Waals surface area contributed by atoms with Crippen molar-refractivity contribution < 1.29 is 34.3 Å². The van der Waals surface area contributed by atoms with Gasteiger partial charge in [0.15, 0.2) is 6.29 Å². The Morgan fingerprint density at radius 1 is 1.02 bits per heavy atom. The summed E-state index contributed by atoms with van der Waals surface area (Å²) in [4.78, 5) is 12.8. The van der Waals surface area contributed by atoms with Gasteiger partial charge in [-0.25, -0.2) is 4.79 Å². The van der Waals surface area contributed by atoms with E-state index in [1.807, 2.05) is 30.3 Å². The number of hydrogen-bond acceptors (Lipinski definition) is 7. The SMILES string of the molecule is CC[C@H](/C=C/[C@@H](C)[C@H]1CC[C@H]2C3CC=C4C[C@@H](OC5O[C@H](CO)[C@@H](O)[C@H](O)[C@H]5NC(=O)OCc5ccccc5)CC[C@]4(C)[C@H]3CC[C@]12C)C(C)C. The molecule has 1 aliphatic heterocycles. The minimum Gasteiger partial charge on any atom is -0.445 e. The number of aliphatic hydroxyl groups excluding tert-OH is 3. The van der Waals surface area contributed by atoms with Crippen molar-refractivity contribution in [3.05, 3.63) is 59.7 Å². The Morgan fingerprint density at radius 2 is 1.78 bits per heavy atom. The molecule has 1 heterocycles. The lowest BCUT2D eigenvalue weighted by atomic mass is 9.47. The zero-order chi connectivity index (χ0) is 36.5. The number of aliphatic hydroxyl groups is 3. The molecule has 284 valence electrons. The van der Waals surface area contributed by atoms with Gasteiger partial charge in [0.2, 0.25) is 0 Å². The lowest BCUT2D eigenvalue weighted by molar-refractivity contribution is -0.283. The normalized spacial score (nSPS) is 40.5. The lowest BCUT2D eigenvalue weighted by Gasteiger charge is -2.58. The van der Waals surface area contributed by atoms with Gasteiger partial charge < -0.3 is 34.8 Å². The first-order valence-electron chi connectivity index (χ1n) is 20.0. The van der Waals surface area contributed by atoms with Crippen molar-refractivity contribution in [3.8, 4) is 0 Å². The van der Waals surface area contributed by atoms with Crippen molar-refractivity contribution in [2.24, 2.45) is 52.3 Å². The van der Waals surface area contributed by atoms with E-state index in [0.717, 1.165) is 43.1 Å². The Bertz CT molecular complexity index is 1380. The predicted molar refractivity (Wildman–Crippen MR) is 198 cm³/mol. The molecule has 4 fully saturated rings. The van der Waals surface area contributed by atoms with Crippen LogP contribution in [0, 0.1) is 52.3 Å². The van der Waals surface area contributed by atoms with Crippen LogP contribution < -0.4 is 5.32 Å². The van der Waals surface area contributed by atoms with Crippen molar-refractivity contribution in [1.82, 2.24) is 5.32 Å². The molecule has 1 aromatic carbocycles. The topological polar surface area (TPSA) is 117 Å². The smallest absolute Gasteiger partial charge is 0.407 e. The van der Waals surface area contributed by atoms with E-state index >= 15 is 0 Å². The fraction of sp³-hybridized carbons (Fsp3) is 0.744. The minimum atomic E-state index is -1.40. The van der Waals surface area contributed by atoms with Crippen molar-refractivity contribution in [2.75, 3.05) is 6.61 Å². The summed E-state index contributed by atoms with van der Waals surface area (Å²) < 4.78 is 18.0. The van der Waals surface area contributed by atoms with Crippen LogP contribution in [0.15, 0.2) is 54.1 Å². The molecular formula is C43H65NO7. The molecule has 1 amide bonds. The van der Waals surface area contributed by atoms with Gasteiger partial charge in [-0.1, -0.05) is 95.7 Å². The Balaban J connectivity index is 1.11. The van der Waals surface area contributed by atoms with Crippen LogP contribution in [0.4, 0.5) is 4.79 Å². The molecule has 4 N–H and O–H groups in total. The second-order valence-electron chi connectivity index (χ2n) is 17.5. The van der Waals surface area contributed by atoms with Gasteiger partial charge >= 0.3 is 6.09 Å². The molecule has 0 spiro atoms. The minimum absolute atomic E-state index is 0.0651. The second-order valence-corrected chi connectivity index (χ2v) is 17.5. The second kappa shape index (κ2) is 16.0. The fourth-order valence-electron chi connectivity index (χ4n) is 11.4. The van der Waals surface area contributed by atoms with Crippen molar-refractivity contribution in [1.29, 1.82) is 0 Å². The van der Waals surface area contributed by atoms with E-state index in [1.54, 1.807) is 0 Å². The third kappa shape index (κ3) is 7.73. The first-order chi connectivity index (χ1) is 24.4. The van der Waals surface area contributed by atoms with Crippen LogP contribution in [0.25, 0.3) is 0 Å². The number of rotatable bonds is 11. The zero-order valence-corrected chi connectivity index (χ0v) is 31.9. The van der Waals surface area contributed by atoms with E-state index in [9.17, 15) is 20.1 Å². The van der Waals surface area contributed by atoms with E-state index in [2.05, 4.69) is 65.1 Å². The molecule has 51 heavy (non-hydrogen) atoms. The lowest BCUT2D eigenvalue weighted by Crippen LogP contribution is -2.65. The molecule has 3 saturated carbocycles. The number of carbonyl (C=O) groups excluding carboxylic acids is 1. The highest BCUT2D eigenvalue weighted by atomic mass is 16.7. The molecular weight excluding hydrogens is 642 g/mol. The summed E-state index contributed by atoms with van der Waals surface area (Å²) in [6.45, 7) is 14.2. The number of ether oxygens (including phenoxy) is 3. The van der Waals surface area contributed by atoms with Crippen LogP contribution in [0.1, 0.15) is 105 Å². The maximum Gasteiger partial charge on any atom is 0.407 e. The average molecular weight is 708 g/mol. The highest BCUT2D eigenvalue weighted by Gasteiger charge is 2.59. The molecule has 4 aliphatic carbocycles. The van der Waals surface area contributed by atoms with Crippen LogP contribution >= 0.6 is 0 Å². The number of amides is 1. The summed E-state index contributed by atoms with van der Waals surface area (Å²) >= 11 is 0. The molecule has 0 bridgehead atoms. The third-order valence-corrected chi connectivity index (χ3v) is 14.5. The van der Waals surface area contributed by atoms with Crippen LogP contribution in [0.2, 0.25) is 0 Å². The summed E-state index contributed by atoms with van der Waals surface area (Å²) in [7, 11) is 0. The van der Waals surface area contributed by atoms with E-state index in [-0.39, 0.29) is 18.1 Å². The Hall–Kier alpha value is -2.23. The van der Waals surface area contributed by atoms with Gasteiger partial charge in [0.05, 0.1) is 12.7 Å². The summed E-state index contributed by atoms with van der Waals surface area (Å²) in [5.41, 5.74) is 2.83. The van der Waals surface area contributed by atoms with Gasteiger partial charge in [0.1, 0.15) is 31.0 Å². The van der Waals surface area contributed by atoms with Gasteiger partial charge in [-0.05, 0) is 116 Å². The molecule has 8 heteroatoms. The third-order valence-electron chi connectivity index (χ3n) is 14.5. The van der Waals surface area contributed by atoms with E-state index in [0.29, 0.717) is 35.0 Å². The number of alkyl carbamates (subject to hydrolysis) is 1. The maximum absolute atomic E-state index is 12.8. The maximum atomic E-state index is 12.8. The Morgan fingerprint density at radius 3 is 2.49 bits per heavy atom. The van der Waals surface area contributed by atoms with Gasteiger partial charge in [-0.3, -0.25) is 0 Å².